The molecule has 1 fully saturated rings. The molecule has 10 heteroatoms. The smallest absolute Gasteiger partial charge is 0.348 e. The van der Waals surface area contributed by atoms with Crippen LogP contribution in [0.3, 0.4) is 0 Å². The normalized spacial score (nSPS) is 14.4. The van der Waals surface area contributed by atoms with Gasteiger partial charge in [-0.2, -0.15) is 17.7 Å². The van der Waals surface area contributed by atoms with Gasteiger partial charge in [-0.05, 0) is 54.3 Å². The van der Waals surface area contributed by atoms with Crippen molar-refractivity contribution in [2.45, 2.75) is 51.3 Å². The quantitative estimate of drug-likeness (QED) is 0.303. The summed E-state index contributed by atoms with van der Waals surface area (Å²) in [6.45, 7) is 14.8. The lowest BCUT2D eigenvalue weighted by molar-refractivity contribution is 0.124. The number of hydrogen-bond donors (Lipinski definition) is 4. The Labute approximate surface area is 236 Å². The number of H-pyrrole nitrogens is 1. The number of halogens is 1. The van der Waals surface area contributed by atoms with Gasteiger partial charge < -0.3 is 15.1 Å². The molecule has 2 aromatic carbocycles. The van der Waals surface area contributed by atoms with Gasteiger partial charge in [-0.15, -0.1) is 0 Å². The zero-order valence-electron chi connectivity index (χ0n) is 24.0. The lowest BCUT2D eigenvalue weighted by Gasteiger charge is -2.35. The maximum atomic E-state index is 12.6. The molecule has 1 aliphatic heterocycles. The number of aromatic amines is 1. The number of aliphatic hydroxyl groups is 1. The van der Waals surface area contributed by atoms with Crippen LogP contribution in [0.4, 0.5) is 4.39 Å². The molecular formula is C29H44FN5O3S. The van der Waals surface area contributed by atoms with Gasteiger partial charge in [0.2, 0.25) is 0 Å². The predicted molar refractivity (Wildman–Crippen MR) is 160 cm³/mol. The minimum atomic E-state index is -0.331. The number of aliphatic hydroxyl groups excluding tert-OH is 1. The van der Waals surface area contributed by atoms with Crippen LogP contribution in [0.1, 0.15) is 51.2 Å². The number of aromatic nitrogens is 3. The molecular weight excluding hydrogens is 517 g/mol. The number of alkyl halides is 1. The fourth-order valence-electron chi connectivity index (χ4n) is 4.42. The molecule has 8 nitrogen and oxygen atoms in total. The van der Waals surface area contributed by atoms with Crippen LogP contribution in [0.15, 0.2) is 47.3 Å². The molecule has 0 aliphatic carbocycles. The van der Waals surface area contributed by atoms with Crippen LogP contribution in [0.5, 0.6) is 5.75 Å². The highest BCUT2D eigenvalue weighted by Gasteiger charge is 2.20. The SMILES string of the molecule is CC(C)c1ccc(O)c(-c2n[nH]c(=O)n2-c2ccc(CN3CCN(CCC(C)(C)S)CC3)cc2)c1.CF.CO. The van der Waals surface area contributed by atoms with Crippen molar-refractivity contribution < 1.29 is 14.6 Å². The minimum absolute atomic E-state index is 0.0751. The number of hydrogen-bond acceptors (Lipinski definition) is 7. The third-order valence-electron chi connectivity index (χ3n) is 6.71. The fourth-order valence-corrected chi connectivity index (χ4v) is 4.52. The number of nitrogens with zero attached hydrogens (tertiary/aromatic N) is 4. The number of phenolic OH excluding ortho intramolecular Hbond substituents is 1. The number of piperazine rings is 1. The Balaban J connectivity index is 0.00000127. The first kappa shape index (κ1) is 32.6. The van der Waals surface area contributed by atoms with Crippen LogP contribution < -0.4 is 5.69 Å². The third-order valence-corrected chi connectivity index (χ3v) is 6.93. The summed E-state index contributed by atoms with van der Waals surface area (Å²) < 4.78 is 11.1. The zero-order chi connectivity index (χ0) is 29.2. The predicted octanol–water partition coefficient (Wildman–Crippen LogP) is 4.47. The highest BCUT2D eigenvalue weighted by atomic mass is 32.1. The van der Waals surface area contributed by atoms with Crippen molar-refractivity contribution >= 4 is 12.6 Å². The molecule has 1 saturated heterocycles. The first-order chi connectivity index (χ1) is 18.6. The first-order valence-corrected chi connectivity index (χ1v) is 13.6. The van der Waals surface area contributed by atoms with Gasteiger partial charge in [0.1, 0.15) is 5.75 Å². The monoisotopic (exact) mass is 561 g/mol. The maximum absolute atomic E-state index is 12.6. The largest absolute Gasteiger partial charge is 0.507 e. The van der Waals surface area contributed by atoms with E-state index in [1.807, 2.05) is 24.3 Å². The second-order valence-electron chi connectivity index (χ2n) is 10.5. The van der Waals surface area contributed by atoms with Gasteiger partial charge in [0.25, 0.3) is 0 Å². The Kier molecular flexibility index (Phi) is 12.7. The fraction of sp³-hybridized carbons (Fsp3) is 0.517. The van der Waals surface area contributed by atoms with Crippen molar-refractivity contribution in [1.82, 2.24) is 24.6 Å². The van der Waals surface area contributed by atoms with E-state index in [0.717, 1.165) is 64.0 Å². The number of thiol groups is 1. The number of aromatic hydroxyl groups is 1. The summed E-state index contributed by atoms with van der Waals surface area (Å²) in [5.41, 5.74) is 3.21. The van der Waals surface area contributed by atoms with Crippen molar-refractivity contribution in [3.05, 3.63) is 64.1 Å². The van der Waals surface area contributed by atoms with Crippen molar-refractivity contribution in [3.8, 4) is 22.8 Å². The Hall–Kier alpha value is -2.66. The van der Waals surface area contributed by atoms with Crippen LogP contribution in [0, 0.1) is 0 Å². The molecule has 2 heterocycles. The average Bonchev–Trinajstić information content (AvgIpc) is 3.31. The van der Waals surface area contributed by atoms with Crippen molar-refractivity contribution in [1.29, 1.82) is 0 Å². The third kappa shape index (κ3) is 9.20. The molecule has 0 saturated carbocycles. The molecule has 3 N–H and O–H groups in total. The van der Waals surface area contributed by atoms with E-state index in [2.05, 4.69) is 72.5 Å². The summed E-state index contributed by atoms with van der Waals surface area (Å²) in [5, 5.41) is 24.3. The lowest BCUT2D eigenvalue weighted by atomic mass is 10.00. The zero-order valence-corrected chi connectivity index (χ0v) is 24.9. The van der Waals surface area contributed by atoms with Crippen molar-refractivity contribution in [2.75, 3.05) is 47.0 Å². The molecule has 39 heavy (non-hydrogen) atoms. The van der Waals surface area contributed by atoms with Crippen molar-refractivity contribution in [3.63, 3.8) is 0 Å². The maximum Gasteiger partial charge on any atom is 0.348 e. The summed E-state index contributed by atoms with van der Waals surface area (Å²) in [6.07, 6.45) is 1.09. The number of benzene rings is 2. The van der Waals surface area contributed by atoms with Gasteiger partial charge >= 0.3 is 5.69 Å². The highest BCUT2D eigenvalue weighted by Crippen LogP contribution is 2.31. The molecule has 0 spiro atoms. The minimum Gasteiger partial charge on any atom is -0.507 e. The van der Waals surface area contributed by atoms with Crippen LogP contribution in [0.25, 0.3) is 17.1 Å². The van der Waals surface area contributed by atoms with E-state index in [1.54, 1.807) is 6.07 Å². The van der Waals surface area contributed by atoms with E-state index in [1.165, 1.54) is 10.1 Å². The molecule has 3 aromatic rings. The summed E-state index contributed by atoms with van der Waals surface area (Å²) in [4.78, 5) is 17.6. The molecule has 0 radical (unpaired) electrons. The summed E-state index contributed by atoms with van der Waals surface area (Å²) >= 11 is 4.64. The van der Waals surface area contributed by atoms with E-state index in [0.29, 0.717) is 24.5 Å². The average molecular weight is 562 g/mol. The molecule has 216 valence electrons. The van der Waals surface area contributed by atoms with Gasteiger partial charge in [0.15, 0.2) is 5.82 Å². The van der Waals surface area contributed by atoms with Crippen LogP contribution in [-0.2, 0) is 6.54 Å². The Morgan fingerprint density at radius 1 is 1.03 bits per heavy atom. The molecule has 0 unspecified atom stereocenters. The highest BCUT2D eigenvalue weighted by molar-refractivity contribution is 7.81. The van der Waals surface area contributed by atoms with E-state index < -0.39 is 0 Å². The van der Waals surface area contributed by atoms with Crippen LogP contribution >= 0.6 is 12.6 Å². The molecule has 1 aliphatic rings. The van der Waals surface area contributed by atoms with E-state index >= 15 is 0 Å². The number of nitrogens with one attached hydrogen (secondary N) is 1. The van der Waals surface area contributed by atoms with Gasteiger partial charge in [-0.25, -0.2) is 14.5 Å². The van der Waals surface area contributed by atoms with E-state index in [4.69, 9.17) is 5.11 Å². The van der Waals surface area contributed by atoms with Crippen molar-refractivity contribution in [2.24, 2.45) is 0 Å². The molecule has 0 atom stereocenters. The Bertz CT molecular complexity index is 1200. The van der Waals surface area contributed by atoms with Gasteiger partial charge in [-0.3, -0.25) is 9.29 Å². The number of rotatable bonds is 8. The van der Waals surface area contributed by atoms with Gasteiger partial charge in [0.05, 0.1) is 18.4 Å². The second-order valence-corrected chi connectivity index (χ2v) is 11.7. The van der Waals surface area contributed by atoms with E-state index in [-0.39, 0.29) is 16.2 Å². The topological polar surface area (TPSA) is 97.6 Å². The molecule has 1 aromatic heterocycles. The summed E-state index contributed by atoms with van der Waals surface area (Å²) in [5.74, 6) is 0.802. The molecule has 4 rings (SSSR count). The van der Waals surface area contributed by atoms with Gasteiger partial charge in [-0.1, -0.05) is 45.9 Å². The molecule has 0 amide bonds. The molecule has 0 bridgehead atoms. The lowest BCUT2D eigenvalue weighted by Crippen LogP contribution is -2.46. The standard InChI is InChI=1S/C27H37N5O2S.CH3F.CH4O/c1-19(2)21-7-10-24(33)23(17-21)25-28-29-26(34)32(25)22-8-5-20(6-9-22)18-31-15-13-30(14-16-31)12-11-27(3,4)35;2*1-2/h5-10,17,19,33,35H,11-16,18H2,1-4H3,(H,29,34);1H3;2H,1H3. The Morgan fingerprint density at radius 2 is 1.62 bits per heavy atom. The number of phenols is 1. The van der Waals surface area contributed by atoms with E-state index in [9.17, 15) is 14.3 Å². The van der Waals surface area contributed by atoms with Crippen LogP contribution in [-0.4, -0.2) is 86.5 Å². The second kappa shape index (κ2) is 15.2. The summed E-state index contributed by atoms with van der Waals surface area (Å²) in [6, 6.07) is 13.5. The van der Waals surface area contributed by atoms with Gasteiger partial charge in [0, 0.05) is 44.6 Å². The Morgan fingerprint density at radius 3 is 2.18 bits per heavy atom. The summed E-state index contributed by atoms with van der Waals surface area (Å²) in [7, 11) is 1.50. The first-order valence-electron chi connectivity index (χ1n) is 13.2. The van der Waals surface area contributed by atoms with Crippen LogP contribution in [0.2, 0.25) is 0 Å².